The molecule has 2 amide bonds. The number of rotatable bonds is 7. The SMILES string of the molecule is CCc1ccc(CCC(=O)Nc2ccccc2C(=O)NC(C)C)cc1. The summed E-state index contributed by atoms with van der Waals surface area (Å²) in [5.74, 6) is -0.273. The van der Waals surface area contributed by atoms with E-state index in [-0.39, 0.29) is 17.9 Å². The lowest BCUT2D eigenvalue weighted by atomic mass is 10.1. The number of hydrogen-bond acceptors (Lipinski definition) is 2. The van der Waals surface area contributed by atoms with Crippen LogP contribution >= 0.6 is 0 Å². The molecule has 0 saturated heterocycles. The Morgan fingerprint density at radius 1 is 0.960 bits per heavy atom. The van der Waals surface area contributed by atoms with Crippen LogP contribution in [-0.4, -0.2) is 17.9 Å². The molecule has 132 valence electrons. The highest BCUT2D eigenvalue weighted by molar-refractivity contribution is 6.03. The van der Waals surface area contributed by atoms with Gasteiger partial charge in [-0.1, -0.05) is 43.3 Å². The highest BCUT2D eigenvalue weighted by atomic mass is 16.2. The lowest BCUT2D eigenvalue weighted by Gasteiger charge is -2.13. The highest BCUT2D eigenvalue weighted by Crippen LogP contribution is 2.16. The van der Waals surface area contributed by atoms with Crippen LogP contribution in [0.4, 0.5) is 5.69 Å². The first-order valence-corrected chi connectivity index (χ1v) is 8.77. The first-order chi connectivity index (χ1) is 12.0. The summed E-state index contributed by atoms with van der Waals surface area (Å²) < 4.78 is 0. The molecule has 0 spiro atoms. The van der Waals surface area contributed by atoms with E-state index in [9.17, 15) is 9.59 Å². The Hall–Kier alpha value is -2.62. The average Bonchev–Trinajstić information content (AvgIpc) is 2.60. The van der Waals surface area contributed by atoms with E-state index in [2.05, 4.69) is 41.8 Å². The normalized spacial score (nSPS) is 10.6. The van der Waals surface area contributed by atoms with Crippen molar-refractivity contribution in [3.63, 3.8) is 0 Å². The van der Waals surface area contributed by atoms with Gasteiger partial charge in [0.25, 0.3) is 5.91 Å². The van der Waals surface area contributed by atoms with Gasteiger partial charge in [0.15, 0.2) is 0 Å². The van der Waals surface area contributed by atoms with Crippen molar-refractivity contribution in [2.45, 2.75) is 46.1 Å². The number of carbonyl (C=O) groups is 2. The monoisotopic (exact) mass is 338 g/mol. The molecule has 0 aromatic heterocycles. The second-order valence-corrected chi connectivity index (χ2v) is 6.39. The van der Waals surface area contributed by atoms with Crippen LogP contribution in [0.2, 0.25) is 0 Å². The molecule has 25 heavy (non-hydrogen) atoms. The molecule has 4 heteroatoms. The third kappa shape index (κ3) is 5.75. The van der Waals surface area contributed by atoms with E-state index in [0.29, 0.717) is 24.1 Å². The van der Waals surface area contributed by atoms with Gasteiger partial charge >= 0.3 is 0 Å². The van der Waals surface area contributed by atoms with Crippen molar-refractivity contribution >= 4 is 17.5 Å². The van der Waals surface area contributed by atoms with Gasteiger partial charge in [0.1, 0.15) is 0 Å². The Balaban J connectivity index is 1.97. The first kappa shape index (κ1) is 18.7. The fourth-order valence-corrected chi connectivity index (χ4v) is 2.54. The van der Waals surface area contributed by atoms with E-state index >= 15 is 0 Å². The number of carbonyl (C=O) groups excluding carboxylic acids is 2. The number of amides is 2. The van der Waals surface area contributed by atoms with Gasteiger partial charge < -0.3 is 10.6 Å². The lowest BCUT2D eigenvalue weighted by Crippen LogP contribution is -2.31. The van der Waals surface area contributed by atoms with E-state index < -0.39 is 0 Å². The third-order valence-electron chi connectivity index (χ3n) is 3.94. The Morgan fingerprint density at radius 2 is 1.60 bits per heavy atom. The molecular weight excluding hydrogens is 312 g/mol. The molecule has 0 atom stereocenters. The molecule has 0 bridgehead atoms. The Kier molecular flexibility index (Phi) is 6.75. The number of nitrogens with one attached hydrogen (secondary N) is 2. The van der Waals surface area contributed by atoms with Gasteiger partial charge in [0.2, 0.25) is 5.91 Å². The van der Waals surface area contributed by atoms with Crippen LogP contribution in [0.3, 0.4) is 0 Å². The molecular formula is C21H26N2O2. The average molecular weight is 338 g/mol. The van der Waals surface area contributed by atoms with Crippen molar-refractivity contribution in [2.24, 2.45) is 0 Å². The minimum absolute atomic E-state index is 0.0438. The summed E-state index contributed by atoms with van der Waals surface area (Å²) in [6.07, 6.45) is 2.07. The van der Waals surface area contributed by atoms with Crippen LogP contribution in [0, 0.1) is 0 Å². The molecule has 2 aromatic carbocycles. The van der Waals surface area contributed by atoms with Gasteiger partial charge in [-0.3, -0.25) is 9.59 Å². The van der Waals surface area contributed by atoms with E-state index in [1.54, 1.807) is 18.2 Å². The second-order valence-electron chi connectivity index (χ2n) is 6.39. The summed E-state index contributed by atoms with van der Waals surface area (Å²) in [6, 6.07) is 15.4. The molecule has 0 heterocycles. The Bertz CT molecular complexity index is 721. The molecule has 0 fully saturated rings. The summed E-state index contributed by atoms with van der Waals surface area (Å²) >= 11 is 0. The van der Waals surface area contributed by atoms with Crippen LogP contribution < -0.4 is 10.6 Å². The molecule has 2 aromatic rings. The Morgan fingerprint density at radius 3 is 2.24 bits per heavy atom. The predicted octanol–water partition coefficient (Wildman–Crippen LogP) is 3.96. The molecule has 0 saturated carbocycles. The smallest absolute Gasteiger partial charge is 0.253 e. The molecule has 0 aliphatic carbocycles. The first-order valence-electron chi connectivity index (χ1n) is 8.77. The zero-order chi connectivity index (χ0) is 18.2. The number of hydrogen-bond donors (Lipinski definition) is 2. The molecule has 2 N–H and O–H groups in total. The van der Waals surface area contributed by atoms with Gasteiger partial charge in [-0.25, -0.2) is 0 Å². The number of benzene rings is 2. The van der Waals surface area contributed by atoms with E-state index in [4.69, 9.17) is 0 Å². The van der Waals surface area contributed by atoms with Crippen LogP contribution in [0.25, 0.3) is 0 Å². The van der Waals surface area contributed by atoms with E-state index in [0.717, 1.165) is 12.0 Å². The third-order valence-corrected chi connectivity index (χ3v) is 3.94. The predicted molar refractivity (Wildman–Crippen MR) is 102 cm³/mol. The van der Waals surface area contributed by atoms with E-state index in [1.807, 2.05) is 19.9 Å². The molecule has 0 radical (unpaired) electrons. The van der Waals surface area contributed by atoms with Gasteiger partial charge in [-0.2, -0.15) is 0 Å². The molecule has 0 aliphatic rings. The van der Waals surface area contributed by atoms with Gasteiger partial charge in [0, 0.05) is 12.5 Å². The summed E-state index contributed by atoms with van der Waals surface area (Å²) in [5, 5.41) is 5.71. The fraction of sp³-hybridized carbons (Fsp3) is 0.333. The highest BCUT2D eigenvalue weighted by Gasteiger charge is 2.13. The van der Waals surface area contributed by atoms with Crippen LogP contribution in [0.5, 0.6) is 0 Å². The summed E-state index contributed by atoms with van der Waals surface area (Å²) in [5.41, 5.74) is 3.46. The minimum atomic E-state index is -0.180. The van der Waals surface area contributed by atoms with E-state index in [1.165, 1.54) is 5.56 Å². The van der Waals surface area contributed by atoms with Crippen molar-refractivity contribution < 1.29 is 9.59 Å². The quantitative estimate of drug-likeness (QED) is 0.803. The molecule has 4 nitrogen and oxygen atoms in total. The van der Waals surface area contributed by atoms with Crippen molar-refractivity contribution in [3.05, 3.63) is 65.2 Å². The number of anilines is 1. The fourth-order valence-electron chi connectivity index (χ4n) is 2.54. The summed E-state index contributed by atoms with van der Waals surface area (Å²) in [4.78, 5) is 24.5. The van der Waals surface area contributed by atoms with Crippen LogP contribution in [-0.2, 0) is 17.6 Å². The van der Waals surface area contributed by atoms with Crippen LogP contribution in [0.15, 0.2) is 48.5 Å². The largest absolute Gasteiger partial charge is 0.350 e. The maximum absolute atomic E-state index is 12.3. The summed E-state index contributed by atoms with van der Waals surface area (Å²) in [6.45, 7) is 5.93. The van der Waals surface area contributed by atoms with Gasteiger partial charge in [0.05, 0.1) is 11.3 Å². The van der Waals surface area contributed by atoms with Crippen LogP contribution in [0.1, 0.15) is 48.7 Å². The maximum atomic E-state index is 12.3. The van der Waals surface area contributed by atoms with Gasteiger partial charge in [-0.15, -0.1) is 0 Å². The zero-order valence-electron chi connectivity index (χ0n) is 15.1. The maximum Gasteiger partial charge on any atom is 0.253 e. The number of para-hydroxylation sites is 1. The zero-order valence-corrected chi connectivity index (χ0v) is 15.1. The lowest BCUT2D eigenvalue weighted by molar-refractivity contribution is -0.116. The standard InChI is InChI=1S/C21H26N2O2/c1-4-16-9-11-17(12-10-16)13-14-20(24)23-19-8-6-5-7-18(19)21(25)22-15(2)3/h5-12,15H,4,13-14H2,1-3H3,(H,22,25)(H,23,24). The molecule has 0 aliphatic heterocycles. The topological polar surface area (TPSA) is 58.2 Å². The minimum Gasteiger partial charge on any atom is -0.350 e. The Labute approximate surface area is 149 Å². The van der Waals surface area contributed by atoms with Crippen molar-refractivity contribution in [2.75, 3.05) is 5.32 Å². The van der Waals surface area contributed by atoms with Crippen molar-refractivity contribution in [1.82, 2.24) is 5.32 Å². The van der Waals surface area contributed by atoms with Crippen molar-refractivity contribution in [1.29, 1.82) is 0 Å². The summed E-state index contributed by atoms with van der Waals surface area (Å²) in [7, 11) is 0. The molecule has 0 unspecified atom stereocenters. The molecule has 2 rings (SSSR count). The van der Waals surface area contributed by atoms with Gasteiger partial charge in [-0.05, 0) is 49.9 Å². The number of aryl methyl sites for hydroxylation is 2. The second kappa shape index (κ2) is 9.02. The van der Waals surface area contributed by atoms with Crippen molar-refractivity contribution in [3.8, 4) is 0 Å².